The van der Waals surface area contributed by atoms with Gasteiger partial charge in [0.25, 0.3) is 0 Å². The highest BCUT2D eigenvalue weighted by atomic mass is 16.5. The van der Waals surface area contributed by atoms with Gasteiger partial charge in [0.2, 0.25) is 0 Å². The second kappa shape index (κ2) is 8.43. The van der Waals surface area contributed by atoms with Gasteiger partial charge in [0.1, 0.15) is 18.4 Å². The second-order valence-electron chi connectivity index (χ2n) is 8.88. The highest BCUT2D eigenvalue weighted by Gasteiger charge is 2.30. The molecule has 33 heavy (non-hydrogen) atoms. The van der Waals surface area contributed by atoms with Crippen molar-refractivity contribution >= 4 is 5.97 Å². The van der Waals surface area contributed by atoms with Gasteiger partial charge in [-0.25, -0.2) is 4.79 Å². The first-order valence-electron chi connectivity index (χ1n) is 11.0. The van der Waals surface area contributed by atoms with Crippen molar-refractivity contribution in [3.05, 3.63) is 69.5 Å². The number of fused-ring (bicyclic) bond motifs is 1. The Morgan fingerprint density at radius 3 is 2.91 bits per heavy atom. The van der Waals surface area contributed by atoms with Crippen LogP contribution in [0.1, 0.15) is 56.8 Å². The quantitative estimate of drug-likeness (QED) is 0.612. The molecule has 0 bridgehead atoms. The minimum atomic E-state index is -0.236. The number of nitrogens with one attached hydrogen (secondary N) is 1. The number of carbonyl (C=O) groups is 1. The van der Waals surface area contributed by atoms with Crippen molar-refractivity contribution in [1.29, 1.82) is 5.26 Å². The van der Waals surface area contributed by atoms with Crippen molar-refractivity contribution in [2.24, 2.45) is 0 Å². The fraction of sp³-hybridized carbons (Fsp3) is 0.360. The maximum Gasteiger partial charge on any atom is 0.338 e. The molecule has 1 aromatic carbocycles. The van der Waals surface area contributed by atoms with Crippen LogP contribution in [-0.2, 0) is 17.9 Å². The van der Waals surface area contributed by atoms with Gasteiger partial charge in [-0.3, -0.25) is 9.88 Å². The number of nitriles is 1. The molecule has 0 unspecified atom stereocenters. The number of pyridine rings is 1. The Morgan fingerprint density at radius 2 is 2.12 bits per heavy atom. The summed E-state index contributed by atoms with van der Waals surface area (Å²) in [4.78, 5) is 18.6. The van der Waals surface area contributed by atoms with Crippen LogP contribution >= 0.6 is 0 Å². The van der Waals surface area contributed by atoms with Gasteiger partial charge in [0, 0.05) is 49.5 Å². The van der Waals surface area contributed by atoms with Gasteiger partial charge in [0.05, 0.1) is 16.8 Å². The maximum atomic E-state index is 11.9. The van der Waals surface area contributed by atoms with Crippen LogP contribution in [0.2, 0.25) is 0 Å². The number of aromatic nitrogens is 2. The van der Waals surface area contributed by atoms with Crippen LogP contribution in [0.25, 0.3) is 11.5 Å². The Labute approximate surface area is 192 Å². The lowest BCUT2D eigenvalue weighted by molar-refractivity contribution is 0.0535. The molecule has 3 aromatic rings. The largest absolute Gasteiger partial charge is 0.457 e. The molecule has 168 valence electrons. The Bertz CT molecular complexity index is 1280. The molecule has 4 heterocycles. The predicted octanol–water partition coefficient (Wildman–Crippen LogP) is 3.43. The van der Waals surface area contributed by atoms with Gasteiger partial charge in [-0.1, -0.05) is 11.2 Å². The molecule has 1 saturated heterocycles. The van der Waals surface area contributed by atoms with Gasteiger partial charge in [0.15, 0.2) is 5.76 Å². The van der Waals surface area contributed by atoms with Crippen LogP contribution in [0, 0.1) is 25.2 Å². The summed E-state index contributed by atoms with van der Waals surface area (Å²) < 4.78 is 10.8. The van der Waals surface area contributed by atoms with Crippen molar-refractivity contribution in [2.45, 2.75) is 46.0 Å². The van der Waals surface area contributed by atoms with E-state index in [-0.39, 0.29) is 12.0 Å². The number of esters is 1. The van der Waals surface area contributed by atoms with Gasteiger partial charge in [-0.2, -0.15) is 5.26 Å². The van der Waals surface area contributed by atoms with Crippen LogP contribution in [-0.4, -0.2) is 40.1 Å². The van der Waals surface area contributed by atoms with E-state index in [1.54, 1.807) is 6.20 Å². The first-order valence-corrected chi connectivity index (χ1v) is 11.0. The maximum absolute atomic E-state index is 11.9. The molecule has 2 aliphatic rings. The van der Waals surface area contributed by atoms with Gasteiger partial charge < -0.3 is 14.6 Å². The molecule has 0 radical (unpaired) electrons. The summed E-state index contributed by atoms with van der Waals surface area (Å²) in [7, 11) is 0. The van der Waals surface area contributed by atoms with E-state index in [1.807, 2.05) is 31.2 Å². The minimum Gasteiger partial charge on any atom is -0.457 e. The van der Waals surface area contributed by atoms with Crippen molar-refractivity contribution in [1.82, 2.24) is 20.4 Å². The van der Waals surface area contributed by atoms with Crippen LogP contribution in [0.4, 0.5) is 0 Å². The zero-order valence-corrected chi connectivity index (χ0v) is 18.9. The summed E-state index contributed by atoms with van der Waals surface area (Å²) in [6.45, 7) is 8.83. The van der Waals surface area contributed by atoms with Gasteiger partial charge in [-0.15, -0.1) is 0 Å². The monoisotopic (exact) mass is 443 g/mol. The van der Waals surface area contributed by atoms with Crippen molar-refractivity contribution in [3.63, 3.8) is 0 Å². The number of piperazine rings is 1. The number of carbonyl (C=O) groups excluding carboxylic acids is 1. The fourth-order valence-corrected chi connectivity index (χ4v) is 4.78. The number of nitrogens with zero attached hydrogens (tertiary/aromatic N) is 4. The zero-order chi connectivity index (χ0) is 23.1. The van der Waals surface area contributed by atoms with Crippen molar-refractivity contribution in [2.75, 3.05) is 13.1 Å². The molecule has 0 spiro atoms. The molecule has 8 heteroatoms. The van der Waals surface area contributed by atoms with E-state index in [1.165, 1.54) is 5.56 Å². The average molecular weight is 444 g/mol. The molecular formula is C25H25N5O3. The third-order valence-corrected chi connectivity index (χ3v) is 6.47. The van der Waals surface area contributed by atoms with E-state index in [9.17, 15) is 4.79 Å². The minimum absolute atomic E-state index is 0.143. The molecule has 0 amide bonds. The van der Waals surface area contributed by atoms with Crippen LogP contribution in [0.15, 0.2) is 35.0 Å². The number of rotatable bonds is 4. The topological polar surface area (TPSA) is 104 Å². The molecule has 2 atom stereocenters. The van der Waals surface area contributed by atoms with Crippen molar-refractivity contribution < 1.29 is 14.1 Å². The average Bonchev–Trinajstić information content (AvgIpc) is 3.41. The summed E-state index contributed by atoms with van der Waals surface area (Å²) in [5.41, 5.74) is 6.91. The molecule has 5 rings (SSSR count). The summed E-state index contributed by atoms with van der Waals surface area (Å²) in [6, 6.07) is 10.3. The van der Waals surface area contributed by atoms with E-state index in [2.05, 4.69) is 40.3 Å². The molecule has 0 saturated carbocycles. The summed E-state index contributed by atoms with van der Waals surface area (Å²) in [5.74, 6) is 0.358. The molecule has 0 aliphatic carbocycles. The summed E-state index contributed by atoms with van der Waals surface area (Å²) in [6.07, 6.45) is 1.56. The van der Waals surface area contributed by atoms with E-state index in [0.717, 1.165) is 35.5 Å². The van der Waals surface area contributed by atoms with Crippen molar-refractivity contribution in [3.8, 4) is 17.5 Å². The molecule has 8 nitrogen and oxygen atoms in total. The lowest BCUT2D eigenvalue weighted by atomic mass is 9.92. The SMILES string of the molecule is Cc1cc(-c2cc(CN3C[C@@H](c4ccc5c(c4C)COC5=O)N[C@@H](C)C3)no2)ncc1C#N. The van der Waals surface area contributed by atoms with E-state index in [0.29, 0.717) is 41.8 Å². The van der Waals surface area contributed by atoms with E-state index < -0.39 is 0 Å². The number of cyclic esters (lactones) is 1. The molecule has 1 N–H and O–H groups in total. The van der Waals surface area contributed by atoms with E-state index in [4.69, 9.17) is 14.5 Å². The first kappa shape index (κ1) is 21.3. The van der Waals surface area contributed by atoms with Gasteiger partial charge in [-0.05, 0) is 49.6 Å². The number of hydrogen-bond donors (Lipinski definition) is 1. The highest BCUT2D eigenvalue weighted by molar-refractivity contribution is 5.94. The zero-order valence-electron chi connectivity index (χ0n) is 18.9. The third kappa shape index (κ3) is 4.01. The Morgan fingerprint density at radius 1 is 1.27 bits per heavy atom. The van der Waals surface area contributed by atoms with E-state index >= 15 is 0 Å². The smallest absolute Gasteiger partial charge is 0.338 e. The molecular weight excluding hydrogens is 418 g/mol. The third-order valence-electron chi connectivity index (χ3n) is 6.47. The molecule has 2 aliphatic heterocycles. The standard InChI is InChI=1S/C25H25N5O3/c1-14-6-22(27-9-17(14)8-26)24-7-18(29-33-24)11-30-10-15(2)28-23(12-30)19-4-5-20-21(16(19)3)13-32-25(20)31/h4-7,9,15,23,28H,10-13H2,1-3H3/t15-,23-/m0/s1. The van der Waals surface area contributed by atoms with Crippen LogP contribution in [0.5, 0.6) is 0 Å². The first-order chi connectivity index (χ1) is 15.9. The highest BCUT2D eigenvalue weighted by Crippen LogP contribution is 2.31. The fourth-order valence-electron chi connectivity index (χ4n) is 4.78. The summed E-state index contributed by atoms with van der Waals surface area (Å²) in [5, 5.41) is 17.1. The normalized spacial score (nSPS) is 20.4. The Kier molecular flexibility index (Phi) is 5.44. The Hall–Kier alpha value is -3.54. The number of hydrogen-bond acceptors (Lipinski definition) is 8. The predicted molar refractivity (Wildman–Crippen MR) is 120 cm³/mol. The number of benzene rings is 1. The van der Waals surface area contributed by atoms with Crippen LogP contribution < -0.4 is 5.32 Å². The number of aryl methyl sites for hydroxylation is 1. The van der Waals surface area contributed by atoms with Gasteiger partial charge >= 0.3 is 5.97 Å². The molecule has 2 aromatic heterocycles. The second-order valence-corrected chi connectivity index (χ2v) is 8.88. The molecule has 1 fully saturated rings. The lowest BCUT2D eigenvalue weighted by Crippen LogP contribution is -2.50. The lowest BCUT2D eigenvalue weighted by Gasteiger charge is -2.38. The number of ether oxygens (including phenoxy) is 1. The van der Waals surface area contributed by atoms with Crippen LogP contribution in [0.3, 0.4) is 0 Å². The summed E-state index contributed by atoms with van der Waals surface area (Å²) >= 11 is 0. The Balaban J connectivity index is 1.33.